The monoisotopic (exact) mass is 234 g/mol. The molecule has 94 valence electrons. The van der Waals surface area contributed by atoms with Gasteiger partial charge in [-0.3, -0.25) is 0 Å². The molecule has 2 N–H and O–H groups in total. The second kappa shape index (κ2) is 5.41. The molecule has 0 saturated carbocycles. The maximum Gasteiger partial charge on any atom is 0.120 e. The van der Waals surface area contributed by atoms with Crippen LogP contribution in [0, 0.1) is 5.92 Å². The highest BCUT2D eigenvalue weighted by Crippen LogP contribution is 2.30. The van der Waals surface area contributed by atoms with E-state index in [0.29, 0.717) is 12.0 Å². The normalized spacial score (nSPS) is 24.8. The molecule has 0 unspecified atom stereocenters. The van der Waals surface area contributed by atoms with Crippen molar-refractivity contribution in [1.82, 2.24) is 0 Å². The fourth-order valence-corrected chi connectivity index (χ4v) is 2.69. The van der Waals surface area contributed by atoms with Crippen LogP contribution < -0.4 is 15.4 Å². The predicted octanol–water partition coefficient (Wildman–Crippen LogP) is 2.26. The Hall–Kier alpha value is -1.22. The van der Waals surface area contributed by atoms with E-state index in [0.717, 1.165) is 18.8 Å². The summed E-state index contributed by atoms with van der Waals surface area (Å²) < 4.78 is 5.28. The number of rotatable bonds is 3. The second-order valence-electron chi connectivity index (χ2n) is 4.77. The fourth-order valence-electron chi connectivity index (χ4n) is 2.69. The van der Waals surface area contributed by atoms with Crippen LogP contribution in [0.4, 0.5) is 5.69 Å². The molecule has 1 aliphatic heterocycles. The third kappa shape index (κ3) is 2.55. The van der Waals surface area contributed by atoms with Crippen LogP contribution in [0.15, 0.2) is 24.3 Å². The van der Waals surface area contributed by atoms with Gasteiger partial charge in [-0.1, -0.05) is 6.07 Å². The Kier molecular flexibility index (Phi) is 3.89. The van der Waals surface area contributed by atoms with Crippen LogP contribution in [0.2, 0.25) is 0 Å². The standard InChI is InChI=1S/C14H22N2O/c1-11-12(10-15)5-4-8-16(11)13-6-3-7-14(9-13)17-2/h3,6-7,9,11-12H,4-5,8,10,15H2,1-2H3/t11-,12-/m1/s1. The van der Waals surface area contributed by atoms with Crippen LogP contribution in [-0.4, -0.2) is 26.2 Å². The van der Waals surface area contributed by atoms with Crippen LogP contribution >= 0.6 is 0 Å². The van der Waals surface area contributed by atoms with E-state index in [1.165, 1.54) is 18.5 Å². The molecule has 0 bridgehead atoms. The van der Waals surface area contributed by atoms with E-state index in [-0.39, 0.29) is 0 Å². The van der Waals surface area contributed by atoms with Gasteiger partial charge in [0, 0.05) is 24.3 Å². The van der Waals surface area contributed by atoms with Crippen molar-refractivity contribution in [3.63, 3.8) is 0 Å². The third-order valence-electron chi connectivity index (χ3n) is 3.84. The van der Waals surface area contributed by atoms with Gasteiger partial charge in [-0.05, 0) is 44.4 Å². The molecule has 1 saturated heterocycles. The smallest absolute Gasteiger partial charge is 0.120 e. The molecule has 17 heavy (non-hydrogen) atoms. The van der Waals surface area contributed by atoms with E-state index in [2.05, 4.69) is 24.0 Å². The van der Waals surface area contributed by atoms with Crippen LogP contribution in [0.3, 0.4) is 0 Å². The number of benzene rings is 1. The summed E-state index contributed by atoms with van der Waals surface area (Å²) in [6.07, 6.45) is 2.47. The molecule has 0 radical (unpaired) electrons. The highest BCUT2D eigenvalue weighted by Gasteiger charge is 2.27. The molecule has 1 aromatic rings. The SMILES string of the molecule is COc1cccc(N2CCC[C@H](CN)[C@H]2C)c1. The van der Waals surface area contributed by atoms with Crippen LogP contribution in [0.25, 0.3) is 0 Å². The summed E-state index contributed by atoms with van der Waals surface area (Å²) in [5, 5.41) is 0. The van der Waals surface area contributed by atoms with Gasteiger partial charge in [0.2, 0.25) is 0 Å². The lowest BCUT2D eigenvalue weighted by Gasteiger charge is -2.40. The molecule has 0 aliphatic carbocycles. The number of hydrogen-bond donors (Lipinski definition) is 1. The number of nitrogens with two attached hydrogens (primary N) is 1. The molecule has 0 spiro atoms. The van der Waals surface area contributed by atoms with Gasteiger partial charge in [-0.15, -0.1) is 0 Å². The number of piperidine rings is 1. The Balaban J connectivity index is 2.19. The Morgan fingerprint density at radius 3 is 3.00 bits per heavy atom. The van der Waals surface area contributed by atoms with Gasteiger partial charge in [0.05, 0.1) is 7.11 Å². The number of methoxy groups -OCH3 is 1. The summed E-state index contributed by atoms with van der Waals surface area (Å²) in [7, 11) is 1.71. The Bertz CT molecular complexity index is 367. The van der Waals surface area contributed by atoms with Crippen molar-refractivity contribution in [1.29, 1.82) is 0 Å². The van der Waals surface area contributed by atoms with E-state index in [9.17, 15) is 0 Å². The zero-order valence-corrected chi connectivity index (χ0v) is 10.7. The fraction of sp³-hybridized carbons (Fsp3) is 0.571. The van der Waals surface area contributed by atoms with Crippen molar-refractivity contribution >= 4 is 5.69 Å². The molecule has 0 amide bonds. The minimum absolute atomic E-state index is 0.515. The molecule has 1 aliphatic rings. The van der Waals surface area contributed by atoms with Crippen LogP contribution in [-0.2, 0) is 0 Å². The number of hydrogen-bond acceptors (Lipinski definition) is 3. The molecule has 3 heteroatoms. The average molecular weight is 234 g/mol. The van der Waals surface area contributed by atoms with E-state index < -0.39 is 0 Å². The molecule has 1 aromatic carbocycles. The molecule has 3 nitrogen and oxygen atoms in total. The summed E-state index contributed by atoms with van der Waals surface area (Å²) >= 11 is 0. The van der Waals surface area contributed by atoms with Crippen LogP contribution in [0.1, 0.15) is 19.8 Å². The number of ether oxygens (including phenoxy) is 1. The van der Waals surface area contributed by atoms with Crippen molar-refractivity contribution in [2.45, 2.75) is 25.8 Å². The van der Waals surface area contributed by atoms with Gasteiger partial charge in [-0.2, -0.15) is 0 Å². The topological polar surface area (TPSA) is 38.5 Å². The first-order valence-electron chi connectivity index (χ1n) is 6.37. The van der Waals surface area contributed by atoms with Gasteiger partial charge >= 0.3 is 0 Å². The molecular formula is C14H22N2O. The quantitative estimate of drug-likeness (QED) is 0.872. The van der Waals surface area contributed by atoms with Gasteiger partial charge in [0.15, 0.2) is 0 Å². The van der Waals surface area contributed by atoms with Gasteiger partial charge < -0.3 is 15.4 Å². The maximum atomic E-state index is 5.84. The summed E-state index contributed by atoms with van der Waals surface area (Å²) in [5.74, 6) is 1.53. The highest BCUT2D eigenvalue weighted by atomic mass is 16.5. The summed E-state index contributed by atoms with van der Waals surface area (Å²) in [5.41, 5.74) is 7.08. The Morgan fingerprint density at radius 1 is 1.47 bits per heavy atom. The summed E-state index contributed by atoms with van der Waals surface area (Å²) in [6.45, 7) is 4.17. The largest absolute Gasteiger partial charge is 0.497 e. The first-order valence-corrected chi connectivity index (χ1v) is 6.37. The Morgan fingerprint density at radius 2 is 2.29 bits per heavy atom. The van der Waals surface area contributed by atoms with E-state index in [4.69, 9.17) is 10.5 Å². The van der Waals surface area contributed by atoms with Crippen molar-refractivity contribution < 1.29 is 4.74 Å². The summed E-state index contributed by atoms with van der Waals surface area (Å²) in [6, 6.07) is 8.81. The van der Waals surface area contributed by atoms with Crippen molar-refractivity contribution in [3.05, 3.63) is 24.3 Å². The lowest BCUT2D eigenvalue weighted by molar-refractivity contribution is 0.345. The predicted molar refractivity (Wildman–Crippen MR) is 71.6 cm³/mol. The number of anilines is 1. The first-order chi connectivity index (χ1) is 8.26. The molecule has 1 fully saturated rings. The van der Waals surface area contributed by atoms with Crippen molar-refractivity contribution in [2.75, 3.05) is 25.1 Å². The maximum absolute atomic E-state index is 5.84. The lowest BCUT2D eigenvalue weighted by Crippen LogP contribution is -2.46. The third-order valence-corrected chi connectivity index (χ3v) is 3.84. The van der Waals surface area contributed by atoms with Crippen molar-refractivity contribution in [2.24, 2.45) is 11.7 Å². The van der Waals surface area contributed by atoms with Gasteiger partial charge in [0.1, 0.15) is 5.75 Å². The van der Waals surface area contributed by atoms with E-state index in [1.807, 2.05) is 12.1 Å². The van der Waals surface area contributed by atoms with E-state index >= 15 is 0 Å². The van der Waals surface area contributed by atoms with Gasteiger partial charge in [0.25, 0.3) is 0 Å². The molecule has 1 heterocycles. The van der Waals surface area contributed by atoms with E-state index in [1.54, 1.807) is 7.11 Å². The molecule has 0 aromatic heterocycles. The Labute approximate surface area is 104 Å². The molecule has 2 atom stereocenters. The minimum Gasteiger partial charge on any atom is -0.497 e. The molecular weight excluding hydrogens is 212 g/mol. The molecule has 2 rings (SSSR count). The zero-order valence-electron chi connectivity index (χ0n) is 10.7. The van der Waals surface area contributed by atoms with Gasteiger partial charge in [-0.25, -0.2) is 0 Å². The number of nitrogens with zero attached hydrogens (tertiary/aromatic N) is 1. The lowest BCUT2D eigenvalue weighted by atomic mass is 9.90. The average Bonchev–Trinajstić information content (AvgIpc) is 2.39. The van der Waals surface area contributed by atoms with Crippen LogP contribution in [0.5, 0.6) is 5.75 Å². The zero-order chi connectivity index (χ0) is 12.3. The highest BCUT2D eigenvalue weighted by molar-refractivity contribution is 5.52. The van der Waals surface area contributed by atoms with Crippen molar-refractivity contribution in [3.8, 4) is 5.75 Å². The first kappa shape index (κ1) is 12.2. The second-order valence-corrected chi connectivity index (χ2v) is 4.77. The summed E-state index contributed by atoms with van der Waals surface area (Å²) in [4.78, 5) is 2.45. The minimum atomic E-state index is 0.515.